The molecule has 0 aliphatic carbocycles. The lowest BCUT2D eigenvalue weighted by Gasteiger charge is -2.36. The van der Waals surface area contributed by atoms with Crippen LogP contribution in [0.2, 0.25) is 0 Å². The molecular formula is C19H29BrN2O4S. The van der Waals surface area contributed by atoms with E-state index in [1.807, 2.05) is 52.0 Å². The topological polar surface area (TPSA) is 66.9 Å². The summed E-state index contributed by atoms with van der Waals surface area (Å²) in [5, 5.41) is -0.494. The molecule has 1 saturated heterocycles. The Kier molecular flexibility index (Phi) is 7.19. The fourth-order valence-electron chi connectivity index (χ4n) is 3.06. The summed E-state index contributed by atoms with van der Waals surface area (Å²) in [4.78, 5) is 13.8. The Labute approximate surface area is 171 Å². The lowest BCUT2D eigenvalue weighted by Crippen LogP contribution is -2.48. The first kappa shape index (κ1) is 22.0. The van der Waals surface area contributed by atoms with E-state index < -0.39 is 20.9 Å². The van der Waals surface area contributed by atoms with Crippen LogP contribution in [0.1, 0.15) is 47.0 Å². The zero-order chi connectivity index (χ0) is 20.2. The number of hydrogen-bond donors (Lipinski definition) is 0. The van der Waals surface area contributed by atoms with Gasteiger partial charge in [-0.3, -0.25) is 4.31 Å². The second-order valence-corrected chi connectivity index (χ2v) is 10.8. The van der Waals surface area contributed by atoms with Gasteiger partial charge in [-0.2, -0.15) is 0 Å². The molecule has 0 bridgehead atoms. The van der Waals surface area contributed by atoms with E-state index in [9.17, 15) is 13.2 Å². The number of amides is 1. The van der Waals surface area contributed by atoms with Crippen molar-refractivity contribution in [3.05, 3.63) is 28.7 Å². The van der Waals surface area contributed by atoms with Crippen LogP contribution < -0.4 is 4.31 Å². The Balaban J connectivity index is 2.10. The molecule has 1 aromatic carbocycles. The van der Waals surface area contributed by atoms with Gasteiger partial charge in [0, 0.05) is 24.1 Å². The van der Waals surface area contributed by atoms with E-state index in [0.717, 1.165) is 10.9 Å². The summed E-state index contributed by atoms with van der Waals surface area (Å²) in [7, 11) is -3.50. The number of piperidine rings is 1. The number of ether oxygens (including phenoxy) is 1. The highest BCUT2D eigenvalue weighted by molar-refractivity contribution is 9.10. The lowest BCUT2D eigenvalue weighted by atomic mass is 10.1. The van der Waals surface area contributed by atoms with Gasteiger partial charge < -0.3 is 9.64 Å². The largest absolute Gasteiger partial charge is 0.444 e. The average Bonchev–Trinajstić information content (AvgIpc) is 2.59. The zero-order valence-corrected chi connectivity index (χ0v) is 18.8. The molecule has 1 fully saturated rings. The molecule has 0 spiro atoms. The van der Waals surface area contributed by atoms with E-state index in [1.165, 1.54) is 4.31 Å². The predicted molar refractivity (Wildman–Crippen MR) is 112 cm³/mol. The monoisotopic (exact) mass is 460 g/mol. The second kappa shape index (κ2) is 8.82. The fourth-order valence-corrected chi connectivity index (χ4v) is 5.34. The van der Waals surface area contributed by atoms with Crippen molar-refractivity contribution in [2.45, 2.75) is 57.8 Å². The summed E-state index contributed by atoms with van der Waals surface area (Å²) in [6.45, 7) is 8.65. The molecule has 0 unspecified atom stereocenters. The minimum Gasteiger partial charge on any atom is -0.444 e. The first-order valence-corrected chi connectivity index (χ1v) is 11.6. The average molecular weight is 461 g/mol. The van der Waals surface area contributed by atoms with Crippen LogP contribution in [0.3, 0.4) is 0 Å². The summed E-state index contributed by atoms with van der Waals surface area (Å²) < 4.78 is 34.3. The minimum absolute atomic E-state index is 0.378. The normalized spacial score (nSPS) is 16.3. The van der Waals surface area contributed by atoms with Crippen LogP contribution in [-0.4, -0.2) is 49.9 Å². The number of hydrogen-bond acceptors (Lipinski definition) is 4. The number of anilines is 1. The van der Waals surface area contributed by atoms with Crippen molar-refractivity contribution in [1.29, 1.82) is 0 Å². The minimum atomic E-state index is -3.50. The van der Waals surface area contributed by atoms with Gasteiger partial charge in [0.1, 0.15) is 5.60 Å². The number of benzene rings is 1. The third-order valence-electron chi connectivity index (χ3n) is 4.36. The molecule has 152 valence electrons. The SMILES string of the molecule is CCCN(c1ccc(Br)cc1)S(=O)(=O)C1CCN(C(=O)OC(C)(C)C)CC1. The third kappa shape index (κ3) is 5.85. The third-order valence-corrected chi connectivity index (χ3v) is 7.21. The van der Waals surface area contributed by atoms with Crippen molar-refractivity contribution < 1.29 is 17.9 Å². The van der Waals surface area contributed by atoms with Crippen molar-refractivity contribution in [1.82, 2.24) is 4.90 Å². The van der Waals surface area contributed by atoms with Gasteiger partial charge in [-0.1, -0.05) is 22.9 Å². The fraction of sp³-hybridized carbons (Fsp3) is 0.632. The van der Waals surface area contributed by atoms with Crippen molar-refractivity contribution in [3.8, 4) is 0 Å². The Morgan fingerprint density at radius 3 is 2.26 bits per heavy atom. The first-order valence-electron chi connectivity index (χ1n) is 9.29. The maximum Gasteiger partial charge on any atom is 0.410 e. The van der Waals surface area contributed by atoms with Crippen LogP contribution in [-0.2, 0) is 14.8 Å². The predicted octanol–water partition coefficient (Wildman–Crippen LogP) is 4.39. The number of halogens is 1. The molecule has 1 heterocycles. The highest BCUT2D eigenvalue weighted by atomic mass is 79.9. The Hall–Kier alpha value is -1.28. The molecule has 1 aliphatic heterocycles. The molecule has 0 atom stereocenters. The van der Waals surface area contributed by atoms with Gasteiger partial charge in [-0.05, 0) is 64.3 Å². The summed E-state index contributed by atoms with van der Waals surface area (Å²) >= 11 is 3.38. The van der Waals surface area contributed by atoms with Crippen molar-refractivity contribution in [2.24, 2.45) is 0 Å². The molecule has 1 amide bonds. The quantitative estimate of drug-likeness (QED) is 0.652. The van der Waals surface area contributed by atoms with E-state index in [-0.39, 0.29) is 6.09 Å². The van der Waals surface area contributed by atoms with Gasteiger partial charge in [-0.15, -0.1) is 0 Å². The van der Waals surface area contributed by atoms with Gasteiger partial charge in [-0.25, -0.2) is 13.2 Å². The maximum atomic E-state index is 13.2. The summed E-state index contributed by atoms with van der Waals surface area (Å²) in [5.41, 5.74) is 0.120. The van der Waals surface area contributed by atoms with Crippen molar-refractivity contribution in [2.75, 3.05) is 23.9 Å². The van der Waals surface area contributed by atoms with Crippen LogP contribution in [0, 0.1) is 0 Å². The number of sulfonamides is 1. The van der Waals surface area contributed by atoms with Crippen LogP contribution in [0.5, 0.6) is 0 Å². The Morgan fingerprint density at radius 2 is 1.78 bits per heavy atom. The second-order valence-electron chi connectivity index (χ2n) is 7.76. The molecule has 27 heavy (non-hydrogen) atoms. The Bertz CT molecular complexity index is 736. The first-order chi connectivity index (χ1) is 12.5. The Morgan fingerprint density at radius 1 is 1.22 bits per heavy atom. The molecule has 0 N–H and O–H groups in total. The van der Waals surface area contributed by atoms with Gasteiger partial charge in [0.05, 0.1) is 10.9 Å². The summed E-state index contributed by atoms with van der Waals surface area (Å²) in [6.07, 6.45) is 1.18. The molecule has 1 aromatic rings. The van der Waals surface area contributed by atoms with E-state index in [1.54, 1.807) is 4.90 Å². The van der Waals surface area contributed by atoms with Gasteiger partial charge in [0.15, 0.2) is 0 Å². The van der Waals surface area contributed by atoms with E-state index in [0.29, 0.717) is 38.2 Å². The van der Waals surface area contributed by atoms with Crippen molar-refractivity contribution in [3.63, 3.8) is 0 Å². The van der Waals surface area contributed by atoms with E-state index in [2.05, 4.69) is 15.9 Å². The molecule has 0 radical (unpaired) electrons. The molecule has 1 aliphatic rings. The van der Waals surface area contributed by atoms with Gasteiger partial charge in [0.2, 0.25) is 10.0 Å². The number of nitrogens with zero attached hydrogens (tertiary/aromatic N) is 2. The van der Waals surface area contributed by atoms with Gasteiger partial charge in [0.25, 0.3) is 0 Å². The number of rotatable bonds is 5. The molecule has 8 heteroatoms. The van der Waals surface area contributed by atoms with Crippen LogP contribution >= 0.6 is 15.9 Å². The maximum absolute atomic E-state index is 13.2. The number of likely N-dealkylation sites (tertiary alicyclic amines) is 1. The van der Waals surface area contributed by atoms with Crippen LogP contribution in [0.25, 0.3) is 0 Å². The van der Waals surface area contributed by atoms with E-state index >= 15 is 0 Å². The number of carbonyl (C=O) groups is 1. The molecule has 0 saturated carbocycles. The summed E-state index contributed by atoms with van der Waals surface area (Å²) in [6, 6.07) is 7.32. The highest BCUT2D eigenvalue weighted by Crippen LogP contribution is 2.28. The molecule has 2 rings (SSSR count). The van der Waals surface area contributed by atoms with Crippen molar-refractivity contribution >= 4 is 37.7 Å². The zero-order valence-electron chi connectivity index (χ0n) is 16.4. The highest BCUT2D eigenvalue weighted by Gasteiger charge is 2.36. The molecule has 0 aromatic heterocycles. The number of carbonyl (C=O) groups excluding carboxylic acids is 1. The lowest BCUT2D eigenvalue weighted by molar-refractivity contribution is 0.0217. The standard InChI is InChI=1S/C19H29BrN2O4S/c1-5-12-22(16-8-6-15(20)7-9-16)27(24,25)17-10-13-21(14-11-17)18(23)26-19(2,3)4/h6-9,17H,5,10-14H2,1-4H3. The van der Waals surface area contributed by atoms with Gasteiger partial charge >= 0.3 is 6.09 Å². The summed E-state index contributed by atoms with van der Waals surface area (Å²) in [5.74, 6) is 0. The smallest absolute Gasteiger partial charge is 0.410 e. The van der Waals surface area contributed by atoms with Crippen LogP contribution in [0.15, 0.2) is 28.7 Å². The molecular weight excluding hydrogens is 432 g/mol. The van der Waals surface area contributed by atoms with Crippen LogP contribution in [0.4, 0.5) is 10.5 Å². The van der Waals surface area contributed by atoms with E-state index in [4.69, 9.17) is 4.74 Å². The molecule has 6 nitrogen and oxygen atoms in total.